The van der Waals surface area contributed by atoms with Crippen LogP contribution >= 0.6 is 15.9 Å². The molecule has 170 valence electrons. The van der Waals surface area contributed by atoms with Gasteiger partial charge in [0.15, 0.2) is 11.5 Å². The molecule has 0 aliphatic heterocycles. The maximum atomic E-state index is 13.1. The average Bonchev–Trinajstić information content (AvgIpc) is 2.79. The summed E-state index contributed by atoms with van der Waals surface area (Å²) in [7, 11) is 1.46. The predicted octanol–water partition coefficient (Wildman–Crippen LogP) is 5.44. The number of hydrogen-bond donors (Lipinski definition) is 1. The number of rotatable bonds is 9. The minimum Gasteiger partial charge on any atom is -0.493 e. The van der Waals surface area contributed by atoms with Crippen LogP contribution in [0.2, 0.25) is 0 Å². The Bertz CT molecular complexity index is 1220. The number of nitro groups is 2. The summed E-state index contributed by atoms with van der Waals surface area (Å²) in [4.78, 5) is 20.6. The van der Waals surface area contributed by atoms with E-state index in [2.05, 4.69) is 26.5 Å². The maximum absolute atomic E-state index is 13.1. The van der Waals surface area contributed by atoms with Gasteiger partial charge in [-0.1, -0.05) is 12.1 Å². The molecule has 0 unspecified atom stereocenters. The van der Waals surface area contributed by atoms with Crippen LogP contribution in [0.3, 0.4) is 0 Å². The zero-order chi connectivity index (χ0) is 24.0. The Labute approximate surface area is 195 Å². The summed E-state index contributed by atoms with van der Waals surface area (Å²) in [6.07, 6.45) is 1.39. The molecule has 0 heterocycles. The Morgan fingerprint density at radius 1 is 1.09 bits per heavy atom. The molecule has 0 saturated heterocycles. The predicted molar refractivity (Wildman–Crippen MR) is 122 cm³/mol. The van der Waals surface area contributed by atoms with Gasteiger partial charge in [-0.2, -0.15) is 5.10 Å². The quantitative estimate of drug-likeness (QED) is 0.227. The fraction of sp³-hybridized carbons (Fsp3) is 0.0952. The molecule has 0 atom stereocenters. The molecule has 33 heavy (non-hydrogen) atoms. The molecular formula is C21H16BrFN4O6. The highest BCUT2D eigenvalue weighted by Gasteiger charge is 2.19. The summed E-state index contributed by atoms with van der Waals surface area (Å²) in [6.45, 7) is 0.189. The van der Waals surface area contributed by atoms with Crippen LogP contribution in [-0.2, 0) is 6.61 Å². The molecule has 0 aliphatic carbocycles. The van der Waals surface area contributed by atoms with Gasteiger partial charge in [0.05, 0.1) is 33.7 Å². The molecule has 10 nitrogen and oxygen atoms in total. The number of non-ortho nitro benzene ring substituents is 1. The van der Waals surface area contributed by atoms with Crippen molar-refractivity contribution in [1.82, 2.24) is 0 Å². The van der Waals surface area contributed by atoms with Crippen LogP contribution in [0.15, 0.2) is 64.2 Å². The highest BCUT2D eigenvalue weighted by atomic mass is 79.9. The van der Waals surface area contributed by atoms with E-state index in [1.165, 1.54) is 31.5 Å². The number of methoxy groups -OCH3 is 1. The van der Waals surface area contributed by atoms with E-state index < -0.39 is 21.2 Å². The molecule has 3 rings (SSSR count). The van der Waals surface area contributed by atoms with Crippen LogP contribution in [0.25, 0.3) is 0 Å². The first kappa shape index (κ1) is 23.6. The van der Waals surface area contributed by atoms with Crippen molar-refractivity contribution >= 4 is 39.2 Å². The van der Waals surface area contributed by atoms with E-state index in [0.29, 0.717) is 21.5 Å². The first-order valence-corrected chi connectivity index (χ1v) is 10.0. The van der Waals surface area contributed by atoms with Gasteiger partial charge in [-0.25, -0.2) is 4.39 Å². The monoisotopic (exact) mass is 518 g/mol. The Hall–Kier alpha value is -4.06. The molecule has 0 spiro atoms. The third-order valence-corrected chi connectivity index (χ3v) is 4.92. The number of hydrazone groups is 1. The van der Waals surface area contributed by atoms with Gasteiger partial charge < -0.3 is 9.47 Å². The van der Waals surface area contributed by atoms with Crippen LogP contribution in [0.5, 0.6) is 11.5 Å². The summed E-state index contributed by atoms with van der Waals surface area (Å²) in [5, 5.41) is 26.0. The second-order valence-corrected chi connectivity index (χ2v) is 7.39. The van der Waals surface area contributed by atoms with Crippen molar-refractivity contribution in [3.8, 4) is 11.5 Å². The van der Waals surface area contributed by atoms with E-state index in [1.807, 2.05) is 0 Å². The lowest BCUT2D eigenvalue weighted by molar-refractivity contribution is -0.393. The highest BCUT2D eigenvalue weighted by molar-refractivity contribution is 9.10. The number of benzene rings is 3. The maximum Gasteiger partial charge on any atom is 0.301 e. The van der Waals surface area contributed by atoms with Gasteiger partial charge in [0.1, 0.15) is 18.1 Å². The van der Waals surface area contributed by atoms with Gasteiger partial charge in [0, 0.05) is 6.07 Å². The molecule has 1 N–H and O–H groups in total. The van der Waals surface area contributed by atoms with E-state index in [4.69, 9.17) is 9.47 Å². The zero-order valence-electron chi connectivity index (χ0n) is 17.0. The lowest BCUT2D eigenvalue weighted by atomic mass is 10.2. The van der Waals surface area contributed by atoms with Gasteiger partial charge in [-0.3, -0.25) is 25.7 Å². The molecule has 0 radical (unpaired) electrons. The molecule has 0 fully saturated rings. The molecule has 3 aromatic rings. The van der Waals surface area contributed by atoms with Crippen molar-refractivity contribution in [2.75, 3.05) is 12.5 Å². The van der Waals surface area contributed by atoms with Gasteiger partial charge in [0.25, 0.3) is 5.69 Å². The van der Waals surface area contributed by atoms with Crippen molar-refractivity contribution in [2.45, 2.75) is 6.61 Å². The van der Waals surface area contributed by atoms with Crippen LogP contribution in [0.1, 0.15) is 11.1 Å². The number of anilines is 1. The third kappa shape index (κ3) is 6.01. The number of nitro benzene ring substituents is 2. The molecule has 12 heteroatoms. The second-order valence-electron chi connectivity index (χ2n) is 6.53. The molecule has 0 aromatic heterocycles. The van der Waals surface area contributed by atoms with E-state index in [0.717, 1.165) is 17.7 Å². The fourth-order valence-corrected chi connectivity index (χ4v) is 3.32. The normalized spacial score (nSPS) is 10.8. The summed E-state index contributed by atoms with van der Waals surface area (Å²) in [6, 6.07) is 12.4. The molecule has 0 amide bonds. The van der Waals surface area contributed by atoms with E-state index in [-0.39, 0.29) is 18.1 Å². The minimum absolute atomic E-state index is 0.00729. The smallest absolute Gasteiger partial charge is 0.301 e. The number of hydrogen-bond acceptors (Lipinski definition) is 8. The largest absolute Gasteiger partial charge is 0.493 e. The minimum atomic E-state index is -0.738. The Balaban J connectivity index is 1.76. The first-order valence-electron chi connectivity index (χ1n) is 9.25. The summed E-state index contributed by atoms with van der Waals surface area (Å²) >= 11 is 3.41. The Morgan fingerprint density at radius 3 is 2.45 bits per heavy atom. The first-order chi connectivity index (χ1) is 15.8. The van der Waals surface area contributed by atoms with Crippen molar-refractivity contribution in [3.05, 3.63) is 96.2 Å². The lowest BCUT2D eigenvalue weighted by Crippen LogP contribution is -2.00. The van der Waals surface area contributed by atoms with E-state index in [9.17, 15) is 24.6 Å². The van der Waals surface area contributed by atoms with E-state index >= 15 is 0 Å². The third-order valence-electron chi connectivity index (χ3n) is 4.34. The van der Waals surface area contributed by atoms with Crippen molar-refractivity contribution in [2.24, 2.45) is 5.10 Å². The SMILES string of the molecule is COc1cc(C=NNc2ccc([N+](=O)[O-])cc2[N+](=O)[O-])cc(Br)c1OCc1ccc(F)cc1. The van der Waals surface area contributed by atoms with Crippen molar-refractivity contribution in [3.63, 3.8) is 0 Å². The standard InChI is InChI=1S/C21H16BrFN4O6/c1-32-20-9-14(8-17(22)21(20)33-12-13-2-4-15(23)5-3-13)11-24-25-18-7-6-16(26(28)29)10-19(18)27(30)31/h2-11,25H,12H2,1H3. The van der Waals surface area contributed by atoms with Crippen LogP contribution in [-0.4, -0.2) is 23.2 Å². The van der Waals surface area contributed by atoms with Crippen molar-refractivity contribution < 1.29 is 23.7 Å². The average molecular weight is 519 g/mol. The van der Waals surface area contributed by atoms with E-state index in [1.54, 1.807) is 24.3 Å². The molecule has 3 aromatic carbocycles. The summed E-state index contributed by atoms with van der Waals surface area (Å²) < 4.78 is 24.8. The topological polar surface area (TPSA) is 129 Å². The van der Waals surface area contributed by atoms with Crippen LogP contribution in [0, 0.1) is 26.0 Å². The summed E-state index contributed by atoms with van der Waals surface area (Å²) in [5.41, 5.74) is 2.97. The molecule has 0 aliphatic rings. The van der Waals surface area contributed by atoms with Crippen molar-refractivity contribution in [1.29, 1.82) is 0 Å². The van der Waals surface area contributed by atoms with Gasteiger partial charge in [-0.15, -0.1) is 0 Å². The number of ether oxygens (including phenoxy) is 2. The molecule has 0 bridgehead atoms. The number of nitrogens with one attached hydrogen (secondary N) is 1. The number of nitrogens with zero attached hydrogens (tertiary/aromatic N) is 3. The lowest BCUT2D eigenvalue weighted by Gasteiger charge is -2.13. The van der Waals surface area contributed by atoms with Gasteiger partial charge >= 0.3 is 5.69 Å². The van der Waals surface area contributed by atoms with Crippen LogP contribution < -0.4 is 14.9 Å². The molecular weight excluding hydrogens is 503 g/mol. The Kier molecular flexibility index (Phi) is 7.51. The second kappa shape index (κ2) is 10.5. The fourth-order valence-electron chi connectivity index (χ4n) is 2.75. The summed E-state index contributed by atoms with van der Waals surface area (Å²) in [5.74, 6) is 0.487. The molecule has 0 saturated carbocycles. The number of halogens is 2. The Morgan fingerprint density at radius 2 is 1.82 bits per heavy atom. The van der Waals surface area contributed by atoms with Crippen LogP contribution in [0.4, 0.5) is 21.5 Å². The highest BCUT2D eigenvalue weighted by Crippen LogP contribution is 2.37. The zero-order valence-corrected chi connectivity index (χ0v) is 18.6. The van der Waals surface area contributed by atoms with Gasteiger partial charge in [-0.05, 0) is 57.4 Å². The van der Waals surface area contributed by atoms with Gasteiger partial charge in [0.2, 0.25) is 0 Å².